The highest BCUT2D eigenvalue weighted by molar-refractivity contribution is 9.10. The van der Waals surface area contributed by atoms with Gasteiger partial charge >= 0.3 is 0 Å². The zero-order valence-electron chi connectivity index (χ0n) is 8.94. The standard InChI is InChI=1S/C11H14BrF2N/c1-6(2)11(15-3)7-4-10(14)8(12)5-9(7)13/h4-6,11,15H,1-3H3. The molecule has 4 heteroatoms. The molecule has 0 amide bonds. The van der Waals surface area contributed by atoms with Crippen molar-refractivity contribution < 1.29 is 8.78 Å². The van der Waals surface area contributed by atoms with Crippen LogP contribution in [0.5, 0.6) is 0 Å². The van der Waals surface area contributed by atoms with E-state index in [1.54, 1.807) is 7.05 Å². The molecule has 1 unspecified atom stereocenters. The second kappa shape index (κ2) is 5.03. The molecule has 0 aliphatic carbocycles. The van der Waals surface area contributed by atoms with E-state index in [0.717, 1.165) is 6.07 Å². The predicted octanol–water partition coefficient (Wildman–Crippen LogP) is 3.64. The van der Waals surface area contributed by atoms with Gasteiger partial charge in [0.15, 0.2) is 0 Å². The summed E-state index contributed by atoms with van der Waals surface area (Å²) in [5.74, 6) is -0.631. The average molecular weight is 278 g/mol. The van der Waals surface area contributed by atoms with E-state index in [1.807, 2.05) is 13.8 Å². The van der Waals surface area contributed by atoms with Gasteiger partial charge in [0.25, 0.3) is 0 Å². The largest absolute Gasteiger partial charge is 0.313 e. The Kier molecular flexibility index (Phi) is 4.22. The normalized spacial score (nSPS) is 13.3. The Balaban J connectivity index is 3.18. The first kappa shape index (κ1) is 12.6. The fourth-order valence-electron chi connectivity index (χ4n) is 1.62. The van der Waals surface area contributed by atoms with Gasteiger partial charge in [0.1, 0.15) is 11.6 Å². The lowest BCUT2D eigenvalue weighted by Gasteiger charge is -2.21. The van der Waals surface area contributed by atoms with Crippen molar-refractivity contribution in [2.75, 3.05) is 7.05 Å². The molecule has 0 radical (unpaired) electrons. The van der Waals surface area contributed by atoms with Gasteiger partial charge < -0.3 is 5.32 Å². The average Bonchev–Trinajstić information content (AvgIpc) is 2.14. The van der Waals surface area contributed by atoms with Crippen molar-refractivity contribution in [2.45, 2.75) is 19.9 Å². The summed E-state index contributed by atoms with van der Waals surface area (Å²) in [6.45, 7) is 3.92. The number of nitrogens with one attached hydrogen (secondary N) is 1. The molecule has 84 valence electrons. The first-order valence-electron chi connectivity index (χ1n) is 4.79. The molecule has 0 heterocycles. The highest BCUT2D eigenvalue weighted by Crippen LogP contribution is 2.27. The quantitative estimate of drug-likeness (QED) is 0.832. The van der Waals surface area contributed by atoms with Gasteiger partial charge in [-0.25, -0.2) is 8.78 Å². The van der Waals surface area contributed by atoms with Crippen LogP contribution in [0, 0.1) is 17.6 Å². The van der Waals surface area contributed by atoms with Crippen LogP contribution in [0.4, 0.5) is 8.78 Å². The first-order chi connectivity index (χ1) is 6.97. The molecule has 0 spiro atoms. The fraction of sp³-hybridized carbons (Fsp3) is 0.455. The summed E-state index contributed by atoms with van der Waals surface area (Å²) in [4.78, 5) is 0. The van der Waals surface area contributed by atoms with Crippen molar-refractivity contribution in [3.05, 3.63) is 33.8 Å². The van der Waals surface area contributed by atoms with Gasteiger partial charge in [-0.15, -0.1) is 0 Å². The Morgan fingerprint density at radius 1 is 1.20 bits per heavy atom. The third-order valence-corrected chi connectivity index (χ3v) is 2.96. The Bertz CT molecular complexity index is 353. The van der Waals surface area contributed by atoms with Crippen LogP contribution in [-0.2, 0) is 0 Å². The summed E-state index contributed by atoms with van der Waals surface area (Å²) in [5.41, 5.74) is 0.369. The summed E-state index contributed by atoms with van der Waals surface area (Å²) in [7, 11) is 1.74. The van der Waals surface area contributed by atoms with E-state index in [-0.39, 0.29) is 16.4 Å². The van der Waals surface area contributed by atoms with Gasteiger partial charge in [0.2, 0.25) is 0 Å². The van der Waals surface area contributed by atoms with Crippen molar-refractivity contribution >= 4 is 15.9 Å². The highest BCUT2D eigenvalue weighted by atomic mass is 79.9. The number of rotatable bonds is 3. The number of hydrogen-bond acceptors (Lipinski definition) is 1. The van der Waals surface area contributed by atoms with Crippen molar-refractivity contribution in [3.63, 3.8) is 0 Å². The van der Waals surface area contributed by atoms with E-state index in [1.165, 1.54) is 6.07 Å². The van der Waals surface area contributed by atoms with Crippen molar-refractivity contribution in [2.24, 2.45) is 5.92 Å². The van der Waals surface area contributed by atoms with Crippen LogP contribution in [0.2, 0.25) is 0 Å². The topological polar surface area (TPSA) is 12.0 Å². The molecule has 1 aromatic carbocycles. The van der Waals surface area contributed by atoms with Gasteiger partial charge in [-0.05, 0) is 41.0 Å². The molecule has 0 saturated heterocycles. The maximum absolute atomic E-state index is 13.6. The van der Waals surface area contributed by atoms with E-state index in [2.05, 4.69) is 21.2 Å². The van der Waals surface area contributed by atoms with Crippen LogP contribution >= 0.6 is 15.9 Å². The van der Waals surface area contributed by atoms with Crippen molar-refractivity contribution in [3.8, 4) is 0 Å². The van der Waals surface area contributed by atoms with Crippen molar-refractivity contribution in [1.82, 2.24) is 5.32 Å². The molecule has 1 rings (SSSR count). The Labute approximate surface area is 97.0 Å². The van der Waals surface area contributed by atoms with E-state index in [0.29, 0.717) is 5.56 Å². The summed E-state index contributed by atoms with van der Waals surface area (Å²) in [6, 6.07) is 2.23. The predicted molar refractivity (Wildman–Crippen MR) is 60.7 cm³/mol. The smallest absolute Gasteiger partial charge is 0.137 e. The van der Waals surface area contributed by atoms with Crippen LogP contribution in [0.1, 0.15) is 25.5 Å². The molecule has 0 fully saturated rings. The number of halogens is 3. The summed E-state index contributed by atoms with van der Waals surface area (Å²) in [6.07, 6.45) is 0. The second-order valence-electron chi connectivity index (χ2n) is 3.80. The Hall–Kier alpha value is -0.480. The molecule has 1 atom stereocenters. The minimum Gasteiger partial charge on any atom is -0.313 e. The molecule has 0 saturated carbocycles. The zero-order chi connectivity index (χ0) is 11.6. The lowest BCUT2D eigenvalue weighted by molar-refractivity contribution is 0.421. The van der Waals surface area contributed by atoms with Gasteiger partial charge in [0, 0.05) is 11.6 Å². The Morgan fingerprint density at radius 2 is 1.80 bits per heavy atom. The van der Waals surface area contributed by atoms with Crippen molar-refractivity contribution in [1.29, 1.82) is 0 Å². The molecule has 1 nitrogen and oxygen atoms in total. The molecule has 0 aromatic heterocycles. The summed E-state index contributed by atoms with van der Waals surface area (Å²) < 4.78 is 27.0. The zero-order valence-corrected chi connectivity index (χ0v) is 10.5. The molecule has 0 aliphatic heterocycles. The van der Waals surface area contributed by atoms with E-state index in [4.69, 9.17) is 0 Å². The van der Waals surface area contributed by atoms with Crippen LogP contribution in [0.15, 0.2) is 16.6 Å². The summed E-state index contributed by atoms with van der Waals surface area (Å²) in [5, 5.41) is 2.98. The van der Waals surface area contributed by atoms with Gasteiger partial charge in [-0.2, -0.15) is 0 Å². The fourth-order valence-corrected chi connectivity index (χ4v) is 1.94. The molecule has 0 bridgehead atoms. The third kappa shape index (κ3) is 2.75. The van der Waals surface area contributed by atoms with E-state index >= 15 is 0 Å². The van der Waals surface area contributed by atoms with Crippen LogP contribution in [0.25, 0.3) is 0 Å². The Morgan fingerprint density at radius 3 is 2.27 bits per heavy atom. The van der Waals surface area contributed by atoms with Crippen LogP contribution < -0.4 is 5.32 Å². The second-order valence-corrected chi connectivity index (χ2v) is 4.65. The summed E-state index contributed by atoms with van der Waals surface area (Å²) >= 11 is 2.95. The molecular weight excluding hydrogens is 264 g/mol. The van der Waals surface area contributed by atoms with Crippen LogP contribution in [-0.4, -0.2) is 7.05 Å². The van der Waals surface area contributed by atoms with Crippen LogP contribution in [0.3, 0.4) is 0 Å². The number of hydrogen-bond donors (Lipinski definition) is 1. The number of benzene rings is 1. The third-order valence-electron chi connectivity index (χ3n) is 2.35. The molecule has 1 N–H and O–H groups in total. The maximum atomic E-state index is 13.6. The molecule has 1 aromatic rings. The lowest BCUT2D eigenvalue weighted by atomic mass is 9.96. The highest BCUT2D eigenvalue weighted by Gasteiger charge is 2.19. The van der Waals surface area contributed by atoms with E-state index in [9.17, 15) is 8.78 Å². The minimum atomic E-state index is -0.438. The van der Waals surface area contributed by atoms with Gasteiger partial charge in [-0.1, -0.05) is 13.8 Å². The molecule has 15 heavy (non-hydrogen) atoms. The molecular formula is C11H14BrF2N. The lowest BCUT2D eigenvalue weighted by Crippen LogP contribution is -2.23. The molecule has 0 aliphatic rings. The van der Waals surface area contributed by atoms with E-state index < -0.39 is 11.6 Å². The monoisotopic (exact) mass is 277 g/mol. The SMILES string of the molecule is CNC(c1cc(F)c(Br)cc1F)C(C)C. The minimum absolute atomic E-state index is 0.155. The van der Waals surface area contributed by atoms with Gasteiger partial charge in [-0.3, -0.25) is 0 Å². The van der Waals surface area contributed by atoms with Gasteiger partial charge in [0.05, 0.1) is 4.47 Å². The first-order valence-corrected chi connectivity index (χ1v) is 5.58. The maximum Gasteiger partial charge on any atom is 0.137 e.